The SMILES string of the molecule is NC(=O)CCCCNS(=O)(=O)c1ccc(F)cc1. The highest BCUT2D eigenvalue weighted by Crippen LogP contribution is 2.09. The minimum absolute atomic E-state index is 0.0128. The fourth-order valence-corrected chi connectivity index (χ4v) is 2.40. The van der Waals surface area contributed by atoms with Crippen LogP contribution in [0.2, 0.25) is 0 Å². The maximum absolute atomic E-state index is 12.6. The van der Waals surface area contributed by atoms with Gasteiger partial charge in [-0.15, -0.1) is 0 Å². The Kier molecular flexibility index (Phi) is 5.24. The van der Waals surface area contributed by atoms with E-state index in [1.165, 1.54) is 12.1 Å². The van der Waals surface area contributed by atoms with E-state index in [2.05, 4.69) is 4.72 Å². The molecule has 1 aromatic rings. The Morgan fingerprint density at radius 2 is 1.83 bits per heavy atom. The quantitative estimate of drug-likeness (QED) is 0.719. The Labute approximate surface area is 105 Å². The van der Waals surface area contributed by atoms with Crippen molar-refractivity contribution in [1.29, 1.82) is 0 Å². The molecule has 0 saturated heterocycles. The third-order valence-electron chi connectivity index (χ3n) is 2.27. The van der Waals surface area contributed by atoms with Gasteiger partial charge in [-0.1, -0.05) is 0 Å². The molecule has 0 saturated carbocycles. The predicted molar refractivity (Wildman–Crippen MR) is 64.6 cm³/mol. The van der Waals surface area contributed by atoms with Crippen molar-refractivity contribution in [3.05, 3.63) is 30.1 Å². The van der Waals surface area contributed by atoms with Crippen molar-refractivity contribution < 1.29 is 17.6 Å². The van der Waals surface area contributed by atoms with Crippen LogP contribution in [0.15, 0.2) is 29.2 Å². The van der Waals surface area contributed by atoms with Crippen molar-refractivity contribution >= 4 is 15.9 Å². The monoisotopic (exact) mass is 274 g/mol. The maximum atomic E-state index is 12.6. The minimum Gasteiger partial charge on any atom is -0.370 e. The van der Waals surface area contributed by atoms with Crippen LogP contribution in [0.1, 0.15) is 19.3 Å². The van der Waals surface area contributed by atoms with Crippen LogP contribution < -0.4 is 10.5 Å². The molecule has 100 valence electrons. The largest absolute Gasteiger partial charge is 0.370 e. The van der Waals surface area contributed by atoms with E-state index in [0.717, 1.165) is 12.1 Å². The van der Waals surface area contributed by atoms with E-state index in [9.17, 15) is 17.6 Å². The summed E-state index contributed by atoms with van der Waals surface area (Å²) in [6.07, 6.45) is 1.28. The first-order valence-corrected chi connectivity index (χ1v) is 6.94. The Hall–Kier alpha value is -1.47. The van der Waals surface area contributed by atoms with Gasteiger partial charge in [0, 0.05) is 13.0 Å². The summed E-state index contributed by atoms with van der Waals surface area (Å²) in [5.74, 6) is -0.896. The van der Waals surface area contributed by atoms with Crippen molar-refractivity contribution in [3.8, 4) is 0 Å². The molecule has 18 heavy (non-hydrogen) atoms. The lowest BCUT2D eigenvalue weighted by atomic mass is 10.2. The van der Waals surface area contributed by atoms with E-state index >= 15 is 0 Å². The van der Waals surface area contributed by atoms with Crippen molar-refractivity contribution in [2.24, 2.45) is 5.73 Å². The molecule has 3 N–H and O–H groups in total. The van der Waals surface area contributed by atoms with Gasteiger partial charge in [0.25, 0.3) is 0 Å². The second-order valence-corrected chi connectivity index (χ2v) is 5.54. The number of hydrogen-bond donors (Lipinski definition) is 2. The molecule has 1 amide bonds. The maximum Gasteiger partial charge on any atom is 0.240 e. The molecule has 5 nitrogen and oxygen atoms in total. The average Bonchev–Trinajstić information content (AvgIpc) is 2.28. The van der Waals surface area contributed by atoms with Crippen LogP contribution in [-0.4, -0.2) is 20.9 Å². The second kappa shape index (κ2) is 6.46. The molecular formula is C11H15FN2O3S. The molecule has 7 heteroatoms. The number of carbonyl (C=O) groups excluding carboxylic acids is 1. The van der Waals surface area contributed by atoms with E-state index in [1.807, 2.05) is 0 Å². The normalized spacial score (nSPS) is 11.4. The summed E-state index contributed by atoms with van der Waals surface area (Å²) in [5, 5.41) is 0. The van der Waals surface area contributed by atoms with E-state index in [1.54, 1.807) is 0 Å². The zero-order valence-electron chi connectivity index (χ0n) is 9.73. The van der Waals surface area contributed by atoms with Crippen LogP contribution in [-0.2, 0) is 14.8 Å². The van der Waals surface area contributed by atoms with Crippen LogP contribution >= 0.6 is 0 Å². The van der Waals surface area contributed by atoms with Gasteiger partial charge < -0.3 is 5.73 Å². The molecule has 0 heterocycles. The second-order valence-electron chi connectivity index (χ2n) is 3.78. The highest BCUT2D eigenvalue weighted by atomic mass is 32.2. The van der Waals surface area contributed by atoms with Crippen molar-refractivity contribution in [1.82, 2.24) is 4.72 Å². The number of benzene rings is 1. The van der Waals surface area contributed by atoms with Gasteiger partial charge in [0.1, 0.15) is 5.82 Å². The van der Waals surface area contributed by atoms with Gasteiger partial charge in [0.15, 0.2) is 0 Å². The van der Waals surface area contributed by atoms with Crippen LogP contribution in [0.4, 0.5) is 4.39 Å². The van der Waals surface area contributed by atoms with Crippen LogP contribution in [0, 0.1) is 5.82 Å². The summed E-state index contributed by atoms with van der Waals surface area (Å²) >= 11 is 0. The molecule has 0 aromatic heterocycles. The molecule has 0 aliphatic rings. The Morgan fingerprint density at radius 1 is 1.22 bits per heavy atom. The Bertz CT molecular complexity index is 500. The molecular weight excluding hydrogens is 259 g/mol. The van der Waals surface area contributed by atoms with E-state index in [4.69, 9.17) is 5.73 Å². The van der Waals surface area contributed by atoms with E-state index < -0.39 is 21.7 Å². The molecule has 0 bridgehead atoms. The number of carbonyl (C=O) groups is 1. The lowest BCUT2D eigenvalue weighted by molar-refractivity contribution is -0.118. The van der Waals surface area contributed by atoms with Crippen LogP contribution in [0.25, 0.3) is 0 Å². The molecule has 1 aromatic carbocycles. The van der Waals surface area contributed by atoms with Gasteiger partial charge in [-0.3, -0.25) is 4.79 Å². The summed E-state index contributed by atoms with van der Waals surface area (Å²) in [6, 6.07) is 4.56. The molecule has 0 aliphatic carbocycles. The molecule has 0 radical (unpaired) electrons. The fraction of sp³-hybridized carbons (Fsp3) is 0.364. The third-order valence-corrected chi connectivity index (χ3v) is 3.74. The first-order valence-electron chi connectivity index (χ1n) is 5.45. The number of rotatable bonds is 7. The summed E-state index contributed by atoms with van der Waals surface area (Å²) in [4.78, 5) is 10.5. The molecule has 0 spiro atoms. The van der Waals surface area contributed by atoms with Gasteiger partial charge >= 0.3 is 0 Å². The number of hydrogen-bond acceptors (Lipinski definition) is 3. The third kappa shape index (κ3) is 4.80. The van der Waals surface area contributed by atoms with Crippen molar-refractivity contribution in [2.45, 2.75) is 24.2 Å². The van der Waals surface area contributed by atoms with Gasteiger partial charge in [-0.2, -0.15) is 0 Å². The summed E-state index contributed by atoms with van der Waals surface area (Å²) in [5.41, 5.74) is 4.95. The van der Waals surface area contributed by atoms with Gasteiger partial charge in [0.05, 0.1) is 4.90 Å². The molecule has 0 unspecified atom stereocenters. The Morgan fingerprint density at radius 3 is 2.39 bits per heavy atom. The number of sulfonamides is 1. The lowest BCUT2D eigenvalue weighted by Gasteiger charge is -2.06. The number of unbranched alkanes of at least 4 members (excludes halogenated alkanes) is 1. The highest BCUT2D eigenvalue weighted by Gasteiger charge is 2.12. The van der Waals surface area contributed by atoms with Gasteiger partial charge in [-0.05, 0) is 37.1 Å². The zero-order valence-corrected chi connectivity index (χ0v) is 10.5. The molecule has 0 atom stereocenters. The smallest absolute Gasteiger partial charge is 0.240 e. The van der Waals surface area contributed by atoms with Crippen LogP contribution in [0.5, 0.6) is 0 Å². The number of halogens is 1. The van der Waals surface area contributed by atoms with E-state index in [0.29, 0.717) is 12.8 Å². The highest BCUT2D eigenvalue weighted by molar-refractivity contribution is 7.89. The van der Waals surface area contributed by atoms with Gasteiger partial charge in [0.2, 0.25) is 15.9 Å². The van der Waals surface area contributed by atoms with Crippen molar-refractivity contribution in [3.63, 3.8) is 0 Å². The summed E-state index contributed by atoms with van der Waals surface area (Å²) < 4.78 is 38.4. The van der Waals surface area contributed by atoms with Crippen LogP contribution in [0.3, 0.4) is 0 Å². The van der Waals surface area contributed by atoms with E-state index in [-0.39, 0.29) is 17.9 Å². The lowest BCUT2D eigenvalue weighted by Crippen LogP contribution is -2.25. The topological polar surface area (TPSA) is 89.3 Å². The fourth-order valence-electron chi connectivity index (χ4n) is 1.33. The first kappa shape index (κ1) is 14.6. The summed E-state index contributed by atoms with van der Waals surface area (Å²) in [6.45, 7) is 0.215. The zero-order chi connectivity index (χ0) is 13.6. The van der Waals surface area contributed by atoms with Crippen molar-refractivity contribution in [2.75, 3.05) is 6.54 Å². The number of primary amides is 1. The molecule has 0 aliphatic heterocycles. The number of nitrogens with two attached hydrogens (primary N) is 1. The Balaban J connectivity index is 2.45. The molecule has 1 rings (SSSR count). The predicted octanol–water partition coefficient (Wildman–Crippen LogP) is 0.760. The standard InChI is InChI=1S/C11H15FN2O3S/c12-9-4-6-10(7-5-9)18(16,17)14-8-2-1-3-11(13)15/h4-7,14H,1-3,8H2,(H2,13,15). The number of nitrogens with one attached hydrogen (secondary N) is 1. The average molecular weight is 274 g/mol. The first-order chi connectivity index (χ1) is 8.42. The van der Waals surface area contributed by atoms with Gasteiger partial charge in [-0.25, -0.2) is 17.5 Å². The molecule has 0 fully saturated rings. The number of amides is 1. The summed E-state index contributed by atoms with van der Waals surface area (Å²) in [7, 11) is -3.61. The minimum atomic E-state index is -3.61.